The van der Waals surface area contributed by atoms with Gasteiger partial charge in [0, 0.05) is 18.4 Å². The highest BCUT2D eigenvalue weighted by Gasteiger charge is 2.57. The summed E-state index contributed by atoms with van der Waals surface area (Å²) in [7, 11) is -4.08. The van der Waals surface area contributed by atoms with Crippen molar-refractivity contribution in [2.24, 2.45) is 11.8 Å². The van der Waals surface area contributed by atoms with Crippen LogP contribution in [-0.4, -0.2) is 23.3 Å². The van der Waals surface area contributed by atoms with Crippen LogP contribution in [0.2, 0.25) is 0 Å². The third-order valence-corrected chi connectivity index (χ3v) is 10.7. The maximum Gasteiger partial charge on any atom is 0.339 e. The molecule has 4 aromatic rings. The molecule has 210 valence electrons. The van der Waals surface area contributed by atoms with Crippen LogP contribution >= 0.6 is 7.52 Å². The van der Waals surface area contributed by atoms with E-state index in [0.717, 1.165) is 22.3 Å². The molecule has 0 amide bonds. The quantitative estimate of drug-likeness (QED) is 0.110. The van der Waals surface area contributed by atoms with Gasteiger partial charge in [-0.15, -0.1) is 6.58 Å². The van der Waals surface area contributed by atoms with Gasteiger partial charge in [0.05, 0.1) is 6.61 Å². The largest absolute Gasteiger partial charge is 0.339 e. The number of allylic oxidation sites excluding steroid dienone is 1. The highest BCUT2D eigenvalue weighted by Crippen LogP contribution is 2.64. The summed E-state index contributed by atoms with van der Waals surface area (Å²) in [5, 5.41) is 0. The van der Waals surface area contributed by atoms with Gasteiger partial charge in [0.25, 0.3) is 0 Å². The first kappa shape index (κ1) is 29.0. The first-order chi connectivity index (χ1) is 19.9. The molecule has 0 aromatic heterocycles. The number of nitrogens with zero attached hydrogens (tertiary/aromatic N) is 1. The van der Waals surface area contributed by atoms with Crippen LogP contribution in [-0.2, 0) is 19.4 Å². The summed E-state index contributed by atoms with van der Waals surface area (Å²) in [4.78, 5) is 14.9. The van der Waals surface area contributed by atoms with Gasteiger partial charge in [0.2, 0.25) is 5.52 Å². The molecule has 1 aliphatic heterocycles. The molecule has 0 N–H and O–H groups in total. The lowest BCUT2D eigenvalue weighted by Crippen LogP contribution is -2.50. The highest BCUT2D eigenvalue weighted by molar-refractivity contribution is 7.74. The molecule has 4 aromatic carbocycles. The molecule has 1 saturated heterocycles. The second-order valence-electron chi connectivity index (χ2n) is 10.9. The number of benzene rings is 4. The van der Waals surface area contributed by atoms with Crippen LogP contribution in [0, 0.1) is 11.8 Å². The Bertz CT molecular complexity index is 1390. The topological polar surface area (TPSA) is 46.6 Å². The predicted molar refractivity (Wildman–Crippen MR) is 167 cm³/mol. The molecule has 0 saturated carbocycles. The minimum Gasteiger partial charge on any atom is -0.312 e. The smallest absolute Gasteiger partial charge is 0.312 e. The van der Waals surface area contributed by atoms with Crippen LogP contribution in [0.3, 0.4) is 0 Å². The van der Waals surface area contributed by atoms with Gasteiger partial charge >= 0.3 is 7.52 Å². The Morgan fingerprint density at radius 3 is 1.66 bits per heavy atom. The summed E-state index contributed by atoms with van der Waals surface area (Å²) < 4.78 is 23.7. The Labute approximate surface area is 244 Å². The van der Waals surface area contributed by atoms with Crippen molar-refractivity contribution in [3.63, 3.8) is 0 Å². The normalized spacial score (nSPS) is 19.4. The van der Waals surface area contributed by atoms with Crippen molar-refractivity contribution < 1.29 is 13.9 Å². The Hall–Kier alpha value is -3.56. The van der Waals surface area contributed by atoms with Gasteiger partial charge in [-0.1, -0.05) is 141 Å². The van der Waals surface area contributed by atoms with Crippen LogP contribution in [0.4, 0.5) is 0 Å². The average Bonchev–Trinajstić information content (AvgIpc) is 3.02. The summed E-state index contributed by atoms with van der Waals surface area (Å²) in [6, 6.07) is 40.1. The first-order valence-electron chi connectivity index (χ1n) is 14.4. The van der Waals surface area contributed by atoms with E-state index in [-0.39, 0.29) is 24.0 Å². The Morgan fingerprint density at radius 1 is 0.805 bits per heavy atom. The van der Waals surface area contributed by atoms with E-state index in [1.807, 2.05) is 110 Å². The lowest BCUT2D eigenvalue weighted by molar-refractivity contribution is -0.119. The van der Waals surface area contributed by atoms with Gasteiger partial charge in [-0.05, 0) is 34.6 Å². The van der Waals surface area contributed by atoms with Crippen molar-refractivity contribution >= 4 is 13.0 Å². The molecule has 1 fully saturated rings. The van der Waals surface area contributed by atoms with Gasteiger partial charge in [-0.25, -0.2) is 4.67 Å². The van der Waals surface area contributed by atoms with Crippen molar-refractivity contribution in [1.29, 1.82) is 0 Å². The summed E-state index contributed by atoms with van der Waals surface area (Å²) in [5.41, 5.74) is 2.40. The zero-order valence-electron chi connectivity index (χ0n) is 23.8. The molecule has 5 heteroatoms. The SMILES string of the molecule is C=C[C@@H](c1ccccc1)[C@H](C(=O)[P@]1(=O)OCCCN1C(c1ccccc1)(c1ccccc1)c1ccccc1)C(C)C. The van der Waals surface area contributed by atoms with Crippen LogP contribution < -0.4 is 0 Å². The molecular weight excluding hydrogens is 525 g/mol. The molecule has 0 bridgehead atoms. The number of hydrogen-bond acceptors (Lipinski definition) is 3. The molecule has 41 heavy (non-hydrogen) atoms. The zero-order valence-corrected chi connectivity index (χ0v) is 24.7. The highest BCUT2D eigenvalue weighted by atomic mass is 31.2. The molecule has 1 heterocycles. The molecule has 0 spiro atoms. The molecular formula is C36H38NO3P. The van der Waals surface area contributed by atoms with Gasteiger partial charge < -0.3 is 4.52 Å². The van der Waals surface area contributed by atoms with Gasteiger partial charge in [0.15, 0.2) is 0 Å². The van der Waals surface area contributed by atoms with Crippen LogP contribution in [0.25, 0.3) is 0 Å². The van der Waals surface area contributed by atoms with Crippen molar-refractivity contribution in [1.82, 2.24) is 4.67 Å². The number of carbonyl (C=O) groups excluding carboxylic acids is 1. The summed E-state index contributed by atoms with van der Waals surface area (Å²) >= 11 is 0. The maximum atomic E-state index is 15.5. The van der Waals surface area contributed by atoms with E-state index in [4.69, 9.17) is 4.52 Å². The summed E-state index contributed by atoms with van der Waals surface area (Å²) in [5.74, 6) is -0.980. The minimum absolute atomic E-state index is 0.0940. The lowest BCUT2D eigenvalue weighted by atomic mass is 9.77. The minimum atomic E-state index is -4.08. The van der Waals surface area contributed by atoms with Crippen LogP contribution in [0.5, 0.6) is 0 Å². The molecule has 0 radical (unpaired) electrons. The van der Waals surface area contributed by atoms with Crippen molar-refractivity contribution in [2.45, 2.75) is 31.7 Å². The van der Waals surface area contributed by atoms with E-state index in [9.17, 15) is 4.79 Å². The molecule has 3 atom stereocenters. The van der Waals surface area contributed by atoms with Crippen molar-refractivity contribution in [3.8, 4) is 0 Å². The fourth-order valence-corrected chi connectivity index (χ4v) is 9.21. The zero-order chi connectivity index (χ0) is 28.9. The summed E-state index contributed by atoms with van der Waals surface area (Å²) in [6.45, 7) is 8.84. The third kappa shape index (κ3) is 5.28. The van der Waals surface area contributed by atoms with Crippen LogP contribution in [0.15, 0.2) is 134 Å². The van der Waals surface area contributed by atoms with Gasteiger partial charge in [-0.2, -0.15) is 0 Å². The van der Waals surface area contributed by atoms with E-state index in [0.29, 0.717) is 13.0 Å². The Kier molecular flexibility index (Phi) is 8.85. The summed E-state index contributed by atoms with van der Waals surface area (Å²) in [6.07, 6.45) is 2.47. The van der Waals surface area contributed by atoms with Crippen LogP contribution in [0.1, 0.15) is 48.4 Å². The maximum absolute atomic E-state index is 15.5. The number of carbonyl (C=O) groups is 1. The number of rotatable bonds is 10. The third-order valence-electron chi connectivity index (χ3n) is 8.17. The molecule has 5 rings (SSSR count). The van der Waals surface area contributed by atoms with Crippen molar-refractivity contribution in [2.75, 3.05) is 13.2 Å². The fraction of sp³-hybridized carbons (Fsp3) is 0.250. The lowest BCUT2D eigenvalue weighted by Gasteiger charge is -2.50. The predicted octanol–water partition coefficient (Wildman–Crippen LogP) is 8.66. The van der Waals surface area contributed by atoms with E-state index in [1.54, 1.807) is 0 Å². The number of hydrogen-bond donors (Lipinski definition) is 0. The van der Waals surface area contributed by atoms with E-state index >= 15 is 4.57 Å². The molecule has 4 nitrogen and oxygen atoms in total. The van der Waals surface area contributed by atoms with E-state index < -0.39 is 19.0 Å². The van der Waals surface area contributed by atoms with Crippen molar-refractivity contribution in [3.05, 3.63) is 156 Å². The van der Waals surface area contributed by atoms with E-state index in [2.05, 4.69) is 43.0 Å². The molecule has 1 aliphatic rings. The Morgan fingerprint density at radius 2 is 1.24 bits per heavy atom. The standard InChI is InChI=1S/C36H38NO3P/c1-4-33(29-18-9-5-10-19-29)34(28(2)3)35(38)41(39)37(26-17-27-40-41)36(30-20-11-6-12-21-30,31-22-13-7-14-23-31)32-24-15-8-16-25-32/h4-16,18-25,28,33-34H,1,17,26-27H2,2-3H3/t33-,34+,41-/m0/s1. The Balaban J connectivity index is 1.76. The van der Waals surface area contributed by atoms with Gasteiger partial charge in [-0.3, -0.25) is 9.36 Å². The van der Waals surface area contributed by atoms with E-state index in [1.165, 1.54) is 0 Å². The molecule has 0 aliphatic carbocycles. The average molecular weight is 564 g/mol. The second-order valence-corrected chi connectivity index (χ2v) is 13.1. The fourth-order valence-electron chi connectivity index (χ4n) is 6.34. The monoisotopic (exact) mass is 563 g/mol. The first-order valence-corrected chi connectivity index (χ1v) is 15.9. The second kappa shape index (κ2) is 12.5. The molecule has 0 unspecified atom stereocenters. The van der Waals surface area contributed by atoms with Gasteiger partial charge in [0.1, 0.15) is 5.54 Å².